The molecule has 78 valence electrons. The first kappa shape index (κ1) is 9.57. The van der Waals surface area contributed by atoms with Crippen LogP contribution in [-0.4, -0.2) is 32.2 Å². The topological polar surface area (TPSA) is 68.5 Å². The van der Waals surface area contributed by atoms with Gasteiger partial charge in [0.15, 0.2) is 5.82 Å². The summed E-state index contributed by atoms with van der Waals surface area (Å²) >= 11 is 0. The van der Waals surface area contributed by atoms with Crippen molar-refractivity contribution in [3.8, 4) is 11.4 Å². The predicted molar refractivity (Wildman–Crippen MR) is 56.3 cm³/mol. The SMILES string of the molecule is CNc1cc(-c2nnnn2C)cc(C)n1. The van der Waals surface area contributed by atoms with Crippen LogP contribution in [-0.2, 0) is 7.05 Å². The van der Waals surface area contributed by atoms with E-state index in [4.69, 9.17) is 0 Å². The van der Waals surface area contributed by atoms with Gasteiger partial charge in [-0.15, -0.1) is 5.10 Å². The van der Waals surface area contributed by atoms with E-state index in [2.05, 4.69) is 25.8 Å². The van der Waals surface area contributed by atoms with Gasteiger partial charge in [0.1, 0.15) is 5.82 Å². The minimum atomic E-state index is 0.733. The molecule has 0 unspecified atom stereocenters. The summed E-state index contributed by atoms with van der Waals surface area (Å²) in [7, 11) is 3.64. The number of aromatic nitrogens is 5. The molecule has 2 heterocycles. The van der Waals surface area contributed by atoms with E-state index in [1.54, 1.807) is 4.68 Å². The lowest BCUT2D eigenvalue weighted by atomic mass is 10.2. The average Bonchev–Trinajstić information content (AvgIpc) is 2.63. The van der Waals surface area contributed by atoms with Crippen molar-refractivity contribution >= 4 is 5.82 Å². The largest absolute Gasteiger partial charge is 0.373 e. The first-order valence-electron chi connectivity index (χ1n) is 4.60. The lowest BCUT2D eigenvalue weighted by Gasteiger charge is -2.04. The van der Waals surface area contributed by atoms with Gasteiger partial charge in [-0.2, -0.15) is 0 Å². The molecule has 6 nitrogen and oxygen atoms in total. The van der Waals surface area contributed by atoms with Gasteiger partial charge < -0.3 is 5.32 Å². The summed E-state index contributed by atoms with van der Waals surface area (Å²) in [4.78, 5) is 4.30. The van der Waals surface area contributed by atoms with Crippen LogP contribution in [0.1, 0.15) is 5.69 Å². The van der Waals surface area contributed by atoms with Gasteiger partial charge in [-0.05, 0) is 29.5 Å². The molecule has 0 radical (unpaired) electrons. The quantitative estimate of drug-likeness (QED) is 0.776. The van der Waals surface area contributed by atoms with Gasteiger partial charge in [-0.1, -0.05) is 0 Å². The van der Waals surface area contributed by atoms with Crippen LogP contribution in [0.2, 0.25) is 0 Å². The second-order valence-electron chi connectivity index (χ2n) is 3.26. The molecule has 6 heteroatoms. The van der Waals surface area contributed by atoms with E-state index in [0.717, 1.165) is 22.9 Å². The molecule has 15 heavy (non-hydrogen) atoms. The molecule has 0 saturated carbocycles. The van der Waals surface area contributed by atoms with Gasteiger partial charge in [0.25, 0.3) is 0 Å². The van der Waals surface area contributed by atoms with Gasteiger partial charge in [0.05, 0.1) is 0 Å². The van der Waals surface area contributed by atoms with Crippen LogP contribution in [0.5, 0.6) is 0 Å². The highest BCUT2D eigenvalue weighted by Gasteiger charge is 2.07. The van der Waals surface area contributed by atoms with Crippen molar-refractivity contribution in [1.82, 2.24) is 25.2 Å². The lowest BCUT2D eigenvalue weighted by Crippen LogP contribution is -1.98. The summed E-state index contributed by atoms with van der Waals surface area (Å²) in [6, 6.07) is 3.87. The zero-order valence-electron chi connectivity index (χ0n) is 8.89. The Morgan fingerprint density at radius 3 is 2.73 bits per heavy atom. The summed E-state index contributed by atoms with van der Waals surface area (Å²) in [5.74, 6) is 1.55. The third kappa shape index (κ3) is 1.78. The lowest BCUT2D eigenvalue weighted by molar-refractivity contribution is 0.714. The van der Waals surface area contributed by atoms with E-state index in [9.17, 15) is 0 Å². The monoisotopic (exact) mass is 204 g/mol. The number of pyridine rings is 1. The normalized spacial score (nSPS) is 10.3. The van der Waals surface area contributed by atoms with Crippen molar-refractivity contribution in [2.75, 3.05) is 12.4 Å². The Morgan fingerprint density at radius 1 is 1.33 bits per heavy atom. The minimum Gasteiger partial charge on any atom is -0.373 e. The van der Waals surface area contributed by atoms with Crippen LogP contribution in [0.4, 0.5) is 5.82 Å². The molecule has 0 fully saturated rings. The Kier molecular flexibility index (Phi) is 2.32. The van der Waals surface area contributed by atoms with E-state index in [1.807, 2.05) is 33.2 Å². The van der Waals surface area contributed by atoms with Crippen molar-refractivity contribution in [3.63, 3.8) is 0 Å². The third-order valence-electron chi connectivity index (χ3n) is 2.09. The zero-order chi connectivity index (χ0) is 10.8. The van der Waals surface area contributed by atoms with Crippen LogP contribution in [0.15, 0.2) is 12.1 Å². The molecule has 0 bridgehead atoms. The zero-order valence-corrected chi connectivity index (χ0v) is 8.89. The molecule has 0 aliphatic carbocycles. The maximum absolute atomic E-state index is 4.30. The third-order valence-corrected chi connectivity index (χ3v) is 2.09. The highest BCUT2D eigenvalue weighted by Crippen LogP contribution is 2.18. The molecule has 0 aliphatic rings. The Hall–Kier alpha value is -1.98. The van der Waals surface area contributed by atoms with Gasteiger partial charge in [-0.3, -0.25) is 0 Å². The highest BCUT2D eigenvalue weighted by atomic mass is 15.5. The van der Waals surface area contributed by atoms with E-state index in [1.165, 1.54) is 0 Å². The summed E-state index contributed by atoms with van der Waals surface area (Å²) in [5, 5.41) is 14.3. The summed E-state index contributed by atoms with van der Waals surface area (Å²) in [6.07, 6.45) is 0. The fourth-order valence-corrected chi connectivity index (χ4v) is 1.40. The van der Waals surface area contributed by atoms with Crippen LogP contribution in [0.25, 0.3) is 11.4 Å². The molecular formula is C9H12N6. The molecule has 2 rings (SSSR count). The Balaban J connectivity index is 2.53. The van der Waals surface area contributed by atoms with Crippen LogP contribution < -0.4 is 5.32 Å². The number of tetrazole rings is 1. The van der Waals surface area contributed by atoms with Crippen molar-refractivity contribution < 1.29 is 0 Å². The number of anilines is 1. The molecule has 2 aromatic heterocycles. The summed E-state index contributed by atoms with van der Waals surface area (Å²) < 4.78 is 1.63. The summed E-state index contributed by atoms with van der Waals surface area (Å²) in [6.45, 7) is 1.94. The smallest absolute Gasteiger partial charge is 0.181 e. The second kappa shape index (κ2) is 3.64. The second-order valence-corrected chi connectivity index (χ2v) is 3.26. The van der Waals surface area contributed by atoms with E-state index in [-0.39, 0.29) is 0 Å². The van der Waals surface area contributed by atoms with Gasteiger partial charge >= 0.3 is 0 Å². The van der Waals surface area contributed by atoms with Crippen molar-refractivity contribution in [2.24, 2.45) is 7.05 Å². The maximum atomic E-state index is 4.30. The molecular weight excluding hydrogens is 192 g/mol. The number of rotatable bonds is 2. The minimum absolute atomic E-state index is 0.733. The van der Waals surface area contributed by atoms with E-state index >= 15 is 0 Å². The van der Waals surface area contributed by atoms with Crippen LogP contribution in [0.3, 0.4) is 0 Å². The van der Waals surface area contributed by atoms with Gasteiger partial charge in [0, 0.05) is 25.4 Å². The molecule has 0 aromatic carbocycles. The van der Waals surface area contributed by atoms with E-state index < -0.39 is 0 Å². The number of hydrogen-bond donors (Lipinski definition) is 1. The number of nitrogens with one attached hydrogen (secondary N) is 1. The fourth-order valence-electron chi connectivity index (χ4n) is 1.40. The standard InChI is InChI=1S/C9H12N6/c1-6-4-7(5-8(10-2)11-6)9-12-13-14-15(9)3/h4-5H,1-3H3,(H,10,11). The van der Waals surface area contributed by atoms with Crippen molar-refractivity contribution in [1.29, 1.82) is 0 Å². The van der Waals surface area contributed by atoms with Crippen molar-refractivity contribution in [2.45, 2.75) is 6.92 Å². The molecule has 1 N–H and O–H groups in total. The molecule has 2 aromatic rings. The number of aryl methyl sites for hydroxylation is 2. The number of hydrogen-bond acceptors (Lipinski definition) is 5. The Labute approximate surface area is 87.3 Å². The first-order chi connectivity index (χ1) is 7.20. The van der Waals surface area contributed by atoms with Gasteiger partial charge in [0.2, 0.25) is 0 Å². The van der Waals surface area contributed by atoms with Crippen LogP contribution in [0, 0.1) is 6.92 Å². The van der Waals surface area contributed by atoms with Gasteiger partial charge in [-0.25, -0.2) is 9.67 Å². The highest BCUT2D eigenvalue weighted by molar-refractivity contribution is 5.60. The van der Waals surface area contributed by atoms with Crippen molar-refractivity contribution in [3.05, 3.63) is 17.8 Å². The van der Waals surface area contributed by atoms with Crippen LogP contribution >= 0.6 is 0 Å². The molecule has 0 saturated heterocycles. The molecule has 0 aliphatic heterocycles. The molecule has 0 amide bonds. The predicted octanol–water partition coefficient (Wildman–Crippen LogP) is 0.622. The molecule has 0 spiro atoms. The fraction of sp³-hybridized carbons (Fsp3) is 0.333. The summed E-state index contributed by atoms with van der Waals surface area (Å²) in [5.41, 5.74) is 1.89. The Bertz CT molecular complexity index is 475. The average molecular weight is 204 g/mol. The number of nitrogens with zero attached hydrogens (tertiary/aromatic N) is 5. The van der Waals surface area contributed by atoms with E-state index in [0.29, 0.717) is 0 Å². The maximum Gasteiger partial charge on any atom is 0.181 e. The first-order valence-corrected chi connectivity index (χ1v) is 4.60. The molecule has 0 atom stereocenters. The Morgan fingerprint density at radius 2 is 2.13 bits per heavy atom.